The Morgan fingerprint density at radius 1 is 1.41 bits per heavy atom. The van der Waals surface area contributed by atoms with E-state index >= 15 is 0 Å². The second-order valence-electron chi connectivity index (χ2n) is 5.79. The molecule has 3 saturated carbocycles. The van der Waals surface area contributed by atoms with Gasteiger partial charge in [-0.15, -0.1) is 0 Å². The maximum absolute atomic E-state index is 12.2. The molecule has 17 heavy (non-hydrogen) atoms. The number of halogens is 2. The van der Waals surface area contributed by atoms with Crippen molar-refractivity contribution in [3.8, 4) is 0 Å². The first-order chi connectivity index (χ1) is 7.89. The molecule has 0 amide bonds. The van der Waals surface area contributed by atoms with Crippen LogP contribution in [0.4, 0.5) is 8.78 Å². The van der Waals surface area contributed by atoms with Gasteiger partial charge in [-0.1, -0.05) is 6.92 Å². The van der Waals surface area contributed by atoms with Crippen molar-refractivity contribution in [2.24, 2.45) is 17.3 Å². The van der Waals surface area contributed by atoms with E-state index in [1.54, 1.807) is 0 Å². The molecule has 0 aromatic rings. The van der Waals surface area contributed by atoms with Crippen molar-refractivity contribution in [2.75, 3.05) is 0 Å². The van der Waals surface area contributed by atoms with Gasteiger partial charge in [0.1, 0.15) is 11.4 Å². The second-order valence-corrected chi connectivity index (χ2v) is 5.79. The Labute approximate surface area is 97.5 Å². The zero-order chi connectivity index (χ0) is 12.4. The highest BCUT2D eigenvalue weighted by Crippen LogP contribution is 2.75. The predicted molar refractivity (Wildman–Crippen MR) is 53.4 cm³/mol. The lowest BCUT2D eigenvalue weighted by Gasteiger charge is -2.26. The van der Waals surface area contributed by atoms with Crippen LogP contribution in [0.25, 0.3) is 0 Å². The Hall–Kier alpha value is -1.00. The van der Waals surface area contributed by atoms with Crippen molar-refractivity contribution in [1.82, 2.24) is 0 Å². The Bertz CT molecular complexity index is 409. The van der Waals surface area contributed by atoms with E-state index < -0.39 is 18.0 Å². The number of ether oxygens (including phenoxy) is 1. The highest BCUT2D eigenvalue weighted by atomic mass is 19.3. The van der Waals surface area contributed by atoms with E-state index in [0.29, 0.717) is 25.7 Å². The molecule has 3 aliphatic carbocycles. The molecule has 0 N–H and O–H groups in total. The van der Waals surface area contributed by atoms with Crippen LogP contribution in [0, 0.1) is 17.3 Å². The van der Waals surface area contributed by atoms with Crippen molar-refractivity contribution >= 4 is 11.8 Å². The van der Waals surface area contributed by atoms with Gasteiger partial charge < -0.3 is 4.74 Å². The Morgan fingerprint density at radius 2 is 2.12 bits per heavy atom. The quantitative estimate of drug-likeness (QED) is 0.697. The van der Waals surface area contributed by atoms with Gasteiger partial charge in [0.25, 0.3) is 0 Å². The van der Waals surface area contributed by atoms with Crippen LogP contribution in [0.5, 0.6) is 0 Å². The molecule has 3 rings (SSSR count). The number of esters is 1. The van der Waals surface area contributed by atoms with Crippen molar-refractivity contribution in [3.63, 3.8) is 0 Å². The number of rotatable bonds is 2. The summed E-state index contributed by atoms with van der Waals surface area (Å²) in [6, 6.07) is 0. The number of hydrogen-bond donors (Lipinski definition) is 0. The third kappa shape index (κ3) is 1.31. The highest BCUT2D eigenvalue weighted by Gasteiger charge is 2.78. The molecule has 0 aromatic heterocycles. The molecule has 4 atom stereocenters. The number of ketones is 1. The van der Waals surface area contributed by atoms with E-state index in [1.165, 1.54) is 0 Å². The first-order valence-electron chi connectivity index (χ1n) is 5.94. The normalized spacial score (nSPS) is 46.9. The molecule has 94 valence electrons. The van der Waals surface area contributed by atoms with Crippen LogP contribution in [0.1, 0.15) is 32.6 Å². The van der Waals surface area contributed by atoms with E-state index in [4.69, 9.17) is 4.74 Å². The lowest BCUT2D eigenvalue weighted by molar-refractivity contribution is -0.166. The fraction of sp³-hybridized carbons (Fsp3) is 0.833. The Morgan fingerprint density at radius 3 is 2.76 bits per heavy atom. The molecule has 0 saturated heterocycles. The maximum atomic E-state index is 12.2. The number of fused-ring (bicyclic) bond motifs is 1. The van der Waals surface area contributed by atoms with E-state index in [-0.39, 0.29) is 23.0 Å². The van der Waals surface area contributed by atoms with Gasteiger partial charge in [-0.2, -0.15) is 8.78 Å². The number of Topliss-reactive ketones (excluding diaryl/α,β-unsaturated/α-hetero) is 1. The monoisotopic (exact) mass is 244 g/mol. The molecule has 3 nitrogen and oxygen atoms in total. The van der Waals surface area contributed by atoms with Crippen LogP contribution in [0.3, 0.4) is 0 Å². The number of alkyl halides is 2. The second kappa shape index (κ2) is 3.06. The zero-order valence-electron chi connectivity index (χ0n) is 9.54. The Kier molecular flexibility index (Phi) is 2.00. The summed E-state index contributed by atoms with van der Waals surface area (Å²) in [6.45, 7) is 1.87. The number of carbonyl (C=O) groups excluding carboxylic acids is 2. The molecule has 3 fully saturated rings. The molecule has 3 aliphatic rings. The molecule has 4 unspecified atom stereocenters. The van der Waals surface area contributed by atoms with Gasteiger partial charge in [0.15, 0.2) is 0 Å². The summed E-state index contributed by atoms with van der Waals surface area (Å²) >= 11 is 0. The van der Waals surface area contributed by atoms with Crippen LogP contribution in [0.2, 0.25) is 0 Å². The van der Waals surface area contributed by atoms with Gasteiger partial charge in [0.2, 0.25) is 0 Å². The Balaban J connectivity index is 1.80. The largest absolute Gasteiger partial charge is 0.454 e. The lowest BCUT2D eigenvalue weighted by atomic mass is 9.76. The fourth-order valence-corrected chi connectivity index (χ4v) is 4.05. The van der Waals surface area contributed by atoms with Crippen LogP contribution in [0.15, 0.2) is 0 Å². The van der Waals surface area contributed by atoms with Crippen LogP contribution in [-0.4, -0.2) is 23.8 Å². The van der Waals surface area contributed by atoms with E-state index in [9.17, 15) is 18.4 Å². The van der Waals surface area contributed by atoms with Gasteiger partial charge in [0, 0.05) is 17.3 Å². The maximum Gasteiger partial charge on any atom is 0.374 e. The number of carbonyl (C=O) groups is 2. The average Bonchev–Trinajstić information content (AvgIpc) is 2.71. The zero-order valence-corrected chi connectivity index (χ0v) is 9.54. The standard InChI is InChI=1S/C12H14F2O3/c1-6-2-11-3-7(8(6)15)4-12(11,5-11)17-10(16)9(13)14/h6-7,9H,2-5H2,1H3. The lowest BCUT2D eigenvalue weighted by Crippen LogP contribution is -2.29. The summed E-state index contributed by atoms with van der Waals surface area (Å²) in [5.74, 6) is -1.34. The van der Waals surface area contributed by atoms with Gasteiger partial charge in [-0.3, -0.25) is 4.79 Å². The summed E-state index contributed by atoms with van der Waals surface area (Å²) in [5.41, 5.74) is -0.916. The van der Waals surface area contributed by atoms with Gasteiger partial charge in [-0.05, 0) is 25.7 Å². The van der Waals surface area contributed by atoms with Crippen molar-refractivity contribution in [1.29, 1.82) is 0 Å². The van der Waals surface area contributed by atoms with Crippen LogP contribution >= 0.6 is 0 Å². The number of hydrogen-bond acceptors (Lipinski definition) is 3. The summed E-state index contributed by atoms with van der Waals surface area (Å²) in [7, 11) is 0. The minimum Gasteiger partial charge on any atom is -0.454 e. The van der Waals surface area contributed by atoms with Gasteiger partial charge >= 0.3 is 12.4 Å². The smallest absolute Gasteiger partial charge is 0.374 e. The molecule has 0 aliphatic heterocycles. The molecule has 0 aromatic carbocycles. The summed E-state index contributed by atoms with van der Waals surface area (Å²) in [6.07, 6.45) is -0.567. The third-order valence-corrected chi connectivity index (χ3v) is 4.74. The summed E-state index contributed by atoms with van der Waals surface area (Å²) in [4.78, 5) is 22.8. The van der Waals surface area contributed by atoms with Gasteiger partial charge in [-0.25, -0.2) is 4.79 Å². The summed E-state index contributed by atoms with van der Waals surface area (Å²) < 4.78 is 29.4. The topological polar surface area (TPSA) is 43.4 Å². The molecule has 0 radical (unpaired) electrons. The first kappa shape index (κ1) is 11.1. The minimum atomic E-state index is -3.07. The van der Waals surface area contributed by atoms with Crippen molar-refractivity contribution in [3.05, 3.63) is 0 Å². The molecular formula is C12H14F2O3. The van der Waals surface area contributed by atoms with Gasteiger partial charge in [0.05, 0.1) is 0 Å². The predicted octanol–water partition coefficient (Wildman–Crippen LogP) is 1.94. The van der Waals surface area contributed by atoms with E-state index in [2.05, 4.69) is 0 Å². The molecule has 0 heterocycles. The average molecular weight is 244 g/mol. The van der Waals surface area contributed by atoms with Crippen LogP contribution < -0.4 is 0 Å². The third-order valence-electron chi connectivity index (χ3n) is 4.74. The molecular weight excluding hydrogens is 230 g/mol. The summed E-state index contributed by atoms with van der Waals surface area (Å²) in [5, 5.41) is 0. The molecule has 2 bridgehead atoms. The fourth-order valence-electron chi connectivity index (χ4n) is 4.05. The molecule has 5 heteroatoms. The SMILES string of the molecule is CC1CC23CC(CC2(OC(=O)C(F)F)C3)C1=O. The van der Waals surface area contributed by atoms with Crippen molar-refractivity contribution < 1.29 is 23.1 Å². The van der Waals surface area contributed by atoms with E-state index in [0.717, 1.165) is 0 Å². The van der Waals surface area contributed by atoms with E-state index in [1.807, 2.05) is 6.92 Å². The first-order valence-corrected chi connectivity index (χ1v) is 5.94. The van der Waals surface area contributed by atoms with Crippen LogP contribution in [-0.2, 0) is 14.3 Å². The molecule has 1 spiro atoms. The minimum absolute atomic E-state index is 0.0247. The highest BCUT2D eigenvalue weighted by molar-refractivity contribution is 5.86. The van der Waals surface area contributed by atoms with Crippen molar-refractivity contribution in [2.45, 2.75) is 44.6 Å².